The number of aryl methyl sites for hydroxylation is 1. The van der Waals surface area contributed by atoms with Gasteiger partial charge in [-0.05, 0) is 64.5 Å². The standard InChI is InChI=1S/C13H15BrN2/c1-8-4-10(6-16-13(8)14)11-3-2-9-5-15-7-12(9)11/h3-4,6,9,12,15H,2,5,7H2,1H3/t9-,12+/m0/s1. The Morgan fingerprint density at radius 1 is 1.44 bits per heavy atom. The molecule has 0 unspecified atom stereocenters. The van der Waals surface area contributed by atoms with Crippen LogP contribution in [0.15, 0.2) is 22.9 Å². The van der Waals surface area contributed by atoms with Gasteiger partial charge >= 0.3 is 0 Å². The molecule has 0 radical (unpaired) electrons. The van der Waals surface area contributed by atoms with Gasteiger partial charge in [0.25, 0.3) is 0 Å². The molecule has 0 amide bonds. The lowest BCUT2D eigenvalue weighted by Crippen LogP contribution is -2.10. The Kier molecular flexibility index (Phi) is 2.60. The topological polar surface area (TPSA) is 24.9 Å². The number of nitrogens with one attached hydrogen (secondary N) is 1. The van der Waals surface area contributed by atoms with E-state index in [1.54, 1.807) is 0 Å². The van der Waals surface area contributed by atoms with E-state index in [0.717, 1.165) is 17.1 Å². The molecule has 2 nitrogen and oxygen atoms in total. The van der Waals surface area contributed by atoms with Gasteiger partial charge in [-0.1, -0.05) is 6.08 Å². The number of aromatic nitrogens is 1. The maximum Gasteiger partial charge on any atom is 0.109 e. The third-order valence-corrected chi connectivity index (χ3v) is 4.56. The lowest BCUT2D eigenvalue weighted by molar-refractivity contribution is 0.542. The van der Waals surface area contributed by atoms with Crippen molar-refractivity contribution in [2.75, 3.05) is 13.1 Å². The van der Waals surface area contributed by atoms with Crippen molar-refractivity contribution < 1.29 is 0 Å². The van der Waals surface area contributed by atoms with Crippen molar-refractivity contribution in [2.45, 2.75) is 13.3 Å². The summed E-state index contributed by atoms with van der Waals surface area (Å²) in [6.07, 6.45) is 5.62. The summed E-state index contributed by atoms with van der Waals surface area (Å²) in [5.41, 5.74) is 4.02. The van der Waals surface area contributed by atoms with Gasteiger partial charge in [0.2, 0.25) is 0 Å². The van der Waals surface area contributed by atoms with Gasteiger partial charge in [-0.15, -0.1) is 0 Å². The second-order valence-electron chi connectivity index (χ2n) is 4.75. The quantitative estimate of drug-likeness (QED) is 0.800. The Morgan fingerprint density at radius 2 is 2.31 bits per heavy atom. The molecule has 0 aromatic carbocycles. The molecule has 2 atom stereocenters. The molecule has 2 heterocycles. The number of hydrogen-bond acceptors (Lipinski definition) is 2. The van der Waals surface area contributed by atoms with E-state index in [4.69, 9.17) is 0 Å². The van der Waals surface area contributed by atoms with Gasteiger partial charge in [-0.2, -0.15) is 0 Å². The van der Waals surface area contributed by atoms with Crippen LogP contribution in [-0.4, -0.2) is 18.1 Å². The summed E-state index contributed by atoms with van der Waals surface area (Å²) in [7, 11) is 0. The van der Waals surface area contributed by atoms with Crippen molar-refractivity contribution >= 4 is 21.5 Å². The van der Waals surface area contributed by atoms with Crippen molar-refractivity contribution in [1.82, 2.24) is 10.3 Å². The average molecular weight is 279 g/mol. The van der Waals surface area contributed by atoms with Crippen molar-refractivity contribution in [3.05, 3.63) is 34.1 Å². The summed E-state index contributed by atoms with van der Waals surface area (Å²) in [6.45, 7) is 4.40. The maximum absolute atomic E-state index is 4.39. The molecule has 1 saturated heterocycles. The molecular formula is C13H15BrN2. The van der Waals surface area contributed by atoms with Crippen LogP contribution in [0, 0.1) is 18.8 Å². The number of fused-ring (bicyclic) bond motifs is 1. The average Bonchev–Trinajstić information content (AvgIpc) is 2.83. The zero-order chi connectivity index (χ0) is 11.1. The molecule has 84 valence electrons. The molecule has 0 spiro atoms. The van der Waals surface area contributed by atoms with Crippen molar-refractivity contribution in [3.63, 3.8) is 0 Å². The predicted octanol–water partition coefficient (Wildman–Crippen LogP) is 2.78. The zero-order valence-corrected chi connectivity index (χ0v) is 10.9. The fourth-order valence-electron chi connectivity index (χ4n) is 2.82. The minimum absolute atomic E-state index is 0.711. The van der Waals surface area contributed by atoms with Crippen LogP contribution < -0.4 is 5.32 Å². The van der Waals surface area contributed by atoms with Crippen molar-refractivity contribution in [1.29, 1.82) is 0 Å². The fraction of sp³-hybridized carbons (Fsp3) is 0.462. The van der Waals surface area contributed by atoms with Crippen LogP contribution in [-0.2, 0) is 0 Å². The molecule has 1 aromatic heterocycles. The lowest BCUT2D eigenvalue weighted by Gasteiger charge is -2.13. The van der Waals surface area contributed by atoms with E-state index in [0.29, 0.717) is 5.92 Å². The minimum Gasteiger partial charge on any atom is -0.316 e. The van der Waals surface area contributed by atoms with Crippen LogP contribution in [0.25, 0.3) is 5.57 Å². The maximum atomic E-state index is 4.39. The van der Waals surface area contributed by atoms with Crippen LogP contribution in [0.2, 0.25) is 0 Å². The third kappa shape index (κ3) is 1.62. The Balaban J connectivity index is 1.95. The van der Waals surface area contributed by atoms with E-state index < -0.39 is 0 Å². The molecule has 16 heavy (non-hydrogen) atoms. The second kappa shape index (κ2) is 3.97. The zero-order valence-electron chi connectivity index (χ0n) is 9.33. The predicted molar refractivity (Wildman–Crippen MR) is 69.1 cm³/mol. The van der Waals surface area contributed by atoms with Gasteiger partial charge in [0, 0.05) is 18.7 Å². The second-order valence-corrected chi connectivity index (χ2v) is 5.50. The van der Waals surface area contributed by atoms with E-state index in [-0.39, 0.29) is 0 Å². The first-order valence-electron chi connectivity index (χ1n) is 5.79. The highest BCUT2D eigenvalue weighted by Crippen LogP contribution is 2.40. The first-order chi connectivity index (χ1) is 7.75. The molecule has 1 fully saturated rings. The SMILES string of the molecule is Cc1cc(C2=CC[C@H]3CNC[C@@H]23)cnc1Br. The van der Waals surface area contributed by atoms with Crippen LogP contribution in [0.1, 0.15) is 17.5 Å². The van der Waals surface area contributed by atoms with Crippen LogP contribution in [0.4, 0.5) is 0 Å². The number of hydrogen-bond donors (Lipinski definition) is 1. The number of halogens is 1. The van der Waals surface area contributed by atoms with Crippen LogP contribution >= 0.6 is 15.9 Å². The Labute approximate surface area is 104 Å². The smallest absolute Gasteiger partial charge is 0.109 e. The lowest BCUT2D eigenvalue weighted by atomic mass is 9.91. The first-order valence-corrected chi connectivity index (χ1v) is 6.58. The Bertz CT molecular complexity index is 453. The number of allylic oxidation sites excluding steroid dienone is 1. The van der Waals surface area contributed by atoms with E-state index in [9.17, 15) is 0 Å². The van der Waals surface area contributed by atoms with E-state index in [1.807, 2.05) is 6.20 Å². The number of pyridine rings is 1. The number of rotatable bonds is 1. The molecule has 0 bridgehead atoms. The highest BCUT2D eigenvalue weighted by atomic mass is 79.9. The summed E-state index contributed by atoms with van der Waals surface area (Å²) in [6, 6.07) is 2.24. The van der Waals surface area contributed by atoms with Crippen LogP contribution in [0.3, 0.4) is 0 Å². The summed E-state index contributed by atoms with van der Waals surface area (Å²) in [5.74, 6) is 1.53. The molecule has 1 aliphatic heterocycles. The van der Waals surface area contributed by atoms with Crippen molar-refractivity contribution in [3.8, 4) is 0 Å². The van der Waals surface area contributed by atoms with E-state index in [2.05, 4.69) is 45.3 Å². The molecule has 1 aliphatic carbocycles. The van der Waals surface area contributed by atoms with Gasteiger partial charge in [-0.25, -0.2) is 4.98 Å². The van der Waals surface area contributed by atoms with Gasteiger partial charge in [0.1, 0.15) is 4.60 Å². The van der Waals surface area contributed by atoms with E-state index >= 15 is 0 Å². The van der Waals surface area contributed by atoms with E-state index in [1.165, 1.54) is 29.7 Å². The number of nitrogens with zero attached hydrogens (tertiary/aromatic N) is 1. The molecule has 0 saturated carbocycles. The first kappa shape index (κ1) is 10.5. The summed E-state index contributed by atoms with van der Waals surface area (Å²) >= 11 is 3.45. The van der Waals surface area contributed by atoms with Crippen molar-refractivity contribution in [2.24, 2.45) is 11.8 Å². The summed E-state index contributed by atoms with van der Waals surface area (Å²) in [5, 5.41) is 3.48. The Hall–Kier alpha value is -0.670. The van der Waals surface area contributed by atoms with Gasteiger partial charge < -0.3 is 5.32 Å². The van der Waals surface area contributed by atoms with Gasteiger partial charge in [0.15, 0.2) is 0 Å². The molecule has 1 N–H and O–H groups in total. The molecule has 1 aromatic rings. The molecule has 3 heteroatoms. The highest BCUT2D eigenvalue weighted by Gasteiger charge is 2.34. The fourth-order valence-corrected chi connectivity index (χ4v) is 3.04. The normalized spacial score (nSPS) is 28.0. The molecule has 2 aliphatic rings. The third-order valence-electron chi connectivity index (χ3n) is 3.73. The summed E-state index contributed by atoms with van der Waals surface area (Å²) < 4.78 is 0.955. The Morgan fingerprint density at radius 3 is 3.12 bits per heavy atom. The monoisotopic (exact) mass is 278 g/mol. The molecule has 3 rings (SSSR count). The molecular weight excluding hydrogens is 264 g/mol. The van der Waals surface area contributed by atoms with Gasteiger partial charge in [-0.3, -0.25) is 0 Å². The largest absolute Gasteiger partial charge is 0.316 e. The summed E-state index contributed by atoms with van der Waals surface area (Å²) in [4.78, 5) is 4.39. The van der Waals surface area contributed by atoms with Crippen LogP contribution in [0.5, 0.6) is 0 Å². The highest BCUT2D eigenvalue weighted by molar-refractivity contribution is 9.10. The minimum atomic E-state index is 0.711. The van der Waals surface area contributed by atoms with Gasteiger partial charge in [0.05, 0.1) is 0 Å².